The highest BCUT2D eigenvalue weighted by Crippen LogP contribution is 2.20. The van der Waals surface area contributed by atoms with Crippen LogP contribution in [-0.4, -0.2) is 42.7 Å². The molecule has 0 radical (unpaired) electrons. The van der Waals surface area contributed by atoms with Crippen LogP contribution in [0.4, 0.5) is 0 Å². The summed E-state index contributed by atoms with van der Waals surface area (Å²) in [6.45, 7) is 0.965. The highest BCUT2D eigenvalue weighted by molar-refractivity contribution is 7.91. The van der Waals surface area contributed by atoms with E-state index in [1.807, 2.05) is 6.07 Å². The Balaban J connectivity index is 1.55. The average Bonchev–Trinajstić information content (AvgIpc) is 2.77. The molecule has 0 bridgehead atoms. The third-order valence-electron chi connectivity index (χ3n) is 4.65. The molecule has 1 heterocycles. The van der Waals surface area contributed by atoms with E-state index in [4.69, 9.17) is 16.7 Å². The van der Waals surface area contributed by atoms with Crippen molar-refractivity contribution >= 4 is 27.4 Å². The second-order valence-corrected chi connectivity index (χ2v) is 9.20. The zero-order valence-electron chi connectivity index (χ0n) is 16.4. The Morgan fingerprint density at radius 1 is 1.10 bits per heavy atom. The number of hydrogen-bond acceptors (Lipinski definition) is 6. The normalized spacial score (nSPS) is 12.5. The number of aliphatic hydroxyl groups excluding tert-OH is 1. The first-order chi connectivity index (χ1) is 14.8. The van der Waals surface area contributed by atoms with Crippen LogP contribution in [0.25, 0.3) is 0 Å². The van der Waals surface area contributed by atoms with Crippen LogP contribution >= 0.6 is 11.6 Å². The number of halogens is 1. The van der Waals surface area contributed by atoms with Gasteiger partial charge in [0, 0.05) is 17.8 Å². The number of nitrogens with zero attached hydrogens (tertiary/aromatic N) is 1. The maximum atomic E-state index is 12.7. The zero-order chi connectivity index (χ0) is 22.4. The molecule has 162 valence electrons. The molecule has 0 amide bonds. The van der Waals surface area contributed by atoms with Crippen molar-refractivity contribution in [1.82, 2.24) is 10.3 Å². The van der Waals surface area contributed by atoms with Gasteiger partial charge >= 0.3 is 5.97 Å². The molecule has 0 saturated carbocycles. The molecule has 3 N–H and O–H groups in total. The molecular formula is C22H21ClN2O5S. The molecule has 0 aliphatic heterocycles. The summed E-state index contributed by atoms with van der Waals surface area (Å²) in [5.74, 6) is -1.17. The number of carbonyl (C=O) groups is 1. The van der Waals surface area contributed by atoms with Gasteiger partial charge in [0.15, 0.2) is 5.03 Å². The van der Waals surface area contributed by atoms with Gasteiger partial charge in [0.05, 0.1) is 16.6 Å². The molecular weight excluding hydrogens is 440 g/mol. The molecule has 1 atom stereocenters. The number of hydrogen-bond donors (Lipinski definition) is 3. The lowest BCUT2D eigenvalue weighted by molar-refractivity contribution is 0.0696. The molecule has 3 rings (SSSR count). The van der Waals surface area contributed by atoms with Crippen LogP contribution < -0.4 is 5.32 Å². The second-order valence-electron chi connectivity index (χ2n) is 6.86. The van der Waals surface area contributed by atoms with E-state index >= 15 is 0 Å². The lowest BCUT2D eigenvalue weighted by atomic mass is 10.1. The second kappa shape index (κ2) is 10.0. The van der Waals surface area contributed by atoms with E-state index in [0.717, 1.165) is 17.3 Å². The van der Waals surface area contributed by atoms with E-state index in [1.165, 1.54) is 24.3 Å². The Bertz CT molecular complexity index is 1150. The number of carboxylic acids is 1. The molecule has 1 aromatic heterocycles. The fraction of sp³-hybridized carbons (Fsp3) is 0.182. The van der Waals surface area contributed by atoms with E-state index in [2.05, 4.69) is 10.3 Å². The minimum absolute atomic E-state index is 0.0798. The maximum Gasteiger partial charge on any atom is 0.337 e. The van der Waals surface area contributed by atoms with Crippen LogP contribution in [0.15, 0.2) is 76.8 Å². The number of aromatic nitrogens is 1. The van der Waals surface area contributed by atoms with Gasteiger partial charge in [-0.1, -0.05) is 35.9 Å². The highest BCUT2D eigenvalue weighted by atomic mass is 35.5. The molecule has 0 aliphatic rings. The van der Waals surface area contributed by atoms with Crippen molar-refractivity contribution in [3.63, 3.8) is 0 Å². The molecule has 7 nitrogen and oxygen atoms in total. The van der Waals surface area contributed by atoms with Crippen LogP contribution in [0.2, 0.25) is 5.02 Å². The van der Waals surface area contributed by atoms with Crippen molar-refractivity contribution in [2.24, 2.45) is 0 Å². The van der Waals surface area contributed by atoms with Crippen molar-refractivity contribution in [1.29, 1.82) is 0 Å². The molecule has 31 heavy (non-hydrogen) atoms. The smallest absolute Gasteiger partial charge is 0.337 e. The predicted octanol–water partition coefficient (Wildman–Crippen LogP) is 3.13. The summed E-state index contributed by atoms with van der Waals surface area (Å²) in [6, 6.07) is 15.9. The lowest BCUT2D eigenvalue weighted by Crippen LogP contribution is -2.23. The molecule has 0 unspecified atom stereocenters. The van der Waals surface area contributed by atoms with E-state index in [0.29, 0.717) is 24.5 Å². The van der Waals surface area contributed by atoms with E-state index in [9.17, 15) is 18.3 Å². The molecule has 0 spiro atoms. The standard InChI is InChI=1S/C22H21ClN2O5S/c23-18-3-1-2-16(12-18)20(26)14-24-11-10-15-4-7-19(8-5-15)31(29,30)21-9-6-17(13-25-21)22(27)28/h1-9,12-13,20,24,26H,10-11,14H2,(H,27,28)/t20-/m0/s1. The first-order valence-corrected chi connectivity index (χ1v) is 11.3. The van der Waals surface area contributed by atoms with Crippen molar-refractivity contribution in [2.45, 2.75) is 22.4 Å². The van der Waals surface area contributed by atoms with Crippen LogP contribution in [0.1, 0.15) is 27.6 Å². The summed E-state index contributed by atoms with van der Waals surface area (Å²) in [4.78, 5) is 14.7. The van der Waals surface area contributed by atoms with Gasteiger partial charge in [-0.15, -0.1) is 0 Å². The van der Waals surface area contributed by atoms with Crippen molar-refractivity contribution < 1.29 is 23.4 Å². The maximum absolute atomic E-state index is 12.7. The predicted molar refractivity (Wildman–Crippen MR) is 116 cm³/mol. The topological polar surface area (TPSA) is 117 Å². The highest BCUT2D eigenvalue weighted by Gasteiger charge is 2.19. The van der Waals surface area contributed by atoms with Crippen LogP contribution in [0.5, 0.6) is 0 Å². The largest absolute Gasteiger partial charge is 0.478 e. The number of sulfone groups is 1. The van der Waals surface area contributed by atoms with Crippen LogP contribution in [0.3, 0.4) is 0 Å². The van der Waals surface area contributed by atoms with Crippen molar-refractivity contribution in [3.8, 4) is 0 Å². The zero-order valence-corrected chi connectivity index (χ0v) is 18.0. The van der Waals surface area contributed by atoms with Crippen molar-refractivity contribution in [2.75, 3.05) is 13.1 Å². The number of carboxylic acid groups (broad SMARTS) is 1. The third-order valence-corrected chi connectivity index (χ3v) is 6.57. The first-order valence-electron chi connectivity index (χ1n) is 9.45. The Labute approximate surface area is 185 Å². The van der Waals surface area contributed by atoms with E-state index < -0.39 is 21.9 Å². The number of nitrogens with one attached hydrogen (secondary N) is 1. The summed E-state index contributed by atoms with van der Waals surface area (Å²) < 4.78 is 25.3. The number of pyridine rings is 1. The number of aliphatic hydroxyl groups is 1. The summed E-state index contributed by atoms with van der Waals surface area (Å²) in [6.07, 6.45) is 0.993. The number of benzene rings is 2. The fourth-order valence-corrected chi connectivity index (χ4v) is 4.30. The molecule has 9 heteroatoms. The van der Waals surface area contributed by atoms with Crippen LogP contribution in [0, 0.1) is 0 Å². The van der Waals surface area contributed by atoms with Crippen molar-refractivity contribution in [3.05, 3.63) is 88.6 Å². The van der Waals surface area contributed by atoms with E-state index in [1.54, 1.807) is 30.3 Å². The van der Waals surface area contributed by atoms with Gasteiger partial charge in [0.25, 0.3) is 0 Å². The fourth-order valence-electron chi connectivity index (χ4n) is 2.93. The van der Waals surface area contributed by atoms with Crippen LogP contribution in [-0.2, 0) is 16.3 Å². The van der Waals surface area contributed by atoms with E-state index in [-0.39, 0.29) is 15.5 Å². The quantitative estimate of drug-likeness (QED) is 0.420. The summed E-state index contributed by atoms with van der Waals surface area (Å²) in [7, 11) is -3.83. The molecule has 3 aromatic rings. The monoisotopic (exact) mass is 460 g/mol. The minimum atomic E-state index is -3.83. The Kier molecular flexibility index (Phi) is 7.40. The van der Waals surface area contributed by atoms with Gasteiger partial charge in [-0.3, -0.25) is 0 Å². The van der Waals surface area contributed by atoms with Gasteiger partial charge in [-0.25, -0.2) is 18.2 Å². The molecule has 0 aliphatic carbocycles. The first kappa shape index (κ1) is 22.9. The van der Waals surface area contributed by atoms with Gasteiger partial charge < -0.3 is 15.5 Å². The summed E-state index contributed by atoms with van der Waals surface area (Å²) in [5, 5.41) is 22.6. The minimum Gasteiger partial charge on any atom is -0.478 e. The molecule has 0 saturated heterocycles. The Hall–Kier alpha value is -2.78. The Morgan fingerprint density at radius 3 is 2.45 bits per heavy atom. The average molecular weight is 461 g/mol. The van der Waals surface area contributed by atoms with Gasteiger partial charge in [0.1, 0.15) is 0 Å². The number of aromatic carboxylic acids is 1. The summed E-state index contributed by atoms with van der Waals surface area (Å²) in [5.41, 5.74) is 1.58. The van der Waals surface area contributed by atoms with Gasteiger partial charge in [0.2, 0.25) is 9.84 Å². The lowest BCUT2D eigenvalue weighted by Gasteiger charge is -2.12. The molecule has 0 fully saturated rings. The SMILES string of the molecule is O=C(O)c1ccc(S(=O)(=O)c2ccc(CCNC[C@H](O)c3cccc(Cl)c3)cc2)nc1. The third kappa shape index (κ3) is 5.89. The number of rotatable bonds is 9. The molecule has 2 aromatic carbocycles. The Morgan fingerprint density at radius 2 is 1.84 bits per heavy atom. The summed E-state index contributed by atoms with van der Waals surface area (Å²) >= 11 is 5.93. The van der Waals surface area contributed by atoms with Gasteiger partial charge in [-0.2, -0.15) is 0 Å². The van der Waals surface area contributed by atoms with Gasteiger partial charge in [-0.05, 0) is 60.5 Å².